The van der Waals surface area contributed by atoms with Crippen molar-refractivity contribution in [3.05, 3.63) is 12.4 Å². The standard InChI is InChI=1S/C17H28N4O3.C2H6/c1-3-15(22)14-4-7-21(8-5-14)17-13-19-16(12-20-17)18-6-9-24-11-10-23-2;1-2/h12-14H,3-11H2,1-2H3,(H,18,19);1-2H3. The fraction of sp³-hybridized carbons (Fsp3) is 0.737. The first-order chi connectivity index (χ1) is 12.7. The van der Waals surface area contributed by atoms with Gasteiger partial charge in [-0.25, -0.2) is 9.97 Å². The molecule has 0 unspecified atom stereocenters. The molecule has 0 radical (unpaired) electrons. The van der Waals surface area contributed by atoms with Crippen LogP contribution < -0.4 is 10.2 Å². The van der Waals surface area contributed by atoms with Crippen molar-refractivity contribution < 1.29 is 14.3 Å². The summed E-state index contributed by atoms with van der Waals surface area (Å²) >= 11 is 0. The molecule has 1 saturated heterocycles. The molecule has 0 aliphatic carbocycles. The van der Waals surface area contributed by atoms with Gasteiger partial charge in [0.05, 0.1) is 32.2 Å². The lowest BCUT2D eigenvalue weighted by Gasteiger charge is -2.31. The lowest BCUT2D eigenvalue weighted by Crippen LogP contribution is -2.36. The third-order valence-corrected chi connectivity index (χ3v) is 4.25. The number of hydrogen-bond donors (Lipinski definition) is 1. The smallest absolute Gasteiger partial charge is 0.147 e. The van der Waals surface area contributed by atoms with Gasteiger partial charge >= 0.3 is 0 Å². The summed E-state index contributed by atoms with van der Waals surface area (Å²) in [4.78, 5) is 22.8. The van der Waals surface area contributed by atoms with Crippen LogP contribution in [0, 0.1) is 5.92 Å². The number of anilines is 2. The Morgan fingerprint density at radius 3 is 2.50 bits per heavy atom. The molecule has 1 aromatic rings. The van der Waals surface area contributed by atoms with E-state index >= 15 is 0 Å². The summed E-state index contributed by atoms with van der Waals surface area (Å²) < 4.78 is 10.3. The molecule has 26 heavy (non-hydrogen) atoms. The SMILES string of the molecule is CC.CCC(=O)C1CCN(c2cnc(NCCOCCOC)cn2)CC1. The van der Waals surface area contributed by atoms with Crippen molar-refractivity contribution in [1.82, 2.24) is 9.97 Å². The number of hydrogen-bond acceptors (Lipinski definition) is 7. The molecule has 7 heteroatoms. The van der Waals surface area contributed by atoms with Gasteiger partial charge in [-0.1, -0.05) is 20.8 Å². The van der Waals surface area contributed by atoms with Crippen LogP contribution in [0.5, 0.6) is 0 Å². The molecule has 2 heterocycles. The molecule has 148 valence electrons. The van der Waals surface area contributed by atoms with Gasteiger partial charge in [0.1, 0.15) is 17.4 Å². The van der Waals surface area contributed by atoms with Crippen LogP contribution in [0.25, 0.3) is 0 Å². The van der Waals surface area contributed by atoms with Crippen molar-refractivity contribution in [2.45, 2.75) is 40.0 Å². The highest BCUT2D eigenvalue weighted by Gasteiger charge is 2.24. The molecule has 0 atom stereocenters. The molecular weight excluding hydrogens is 332 g/mol. The van der Waals surface area contributed by atoms with Crippen LogP contribution in [0.4, 0.5) is 11.6 Å². The summed E-state index contributed by atoms with van der Waals surface area (Å²) in [5.41, 5.74) is 0. The average Bonchev–Trinajstić information content (AvgIpc) is 2.72. The van der Waals surface area contributed by atoms with Gasteiger partial charge in [0.15, 0.2) is 0 Å². The number of Topliss-reactive ketones (excluding diaryl/α,β-unsaturated/α-hetero) is 1. The highest BCUT2D eigenvalue weighted by molar-refractivity contribution is 5.80. The van der Waals surface area contributed by atoms with E-state index in [9.17, 15) is 4.79 Å². The maximum Gasteiger partial charge on any atom is 0.147 e. The molecular formula is C19H34N4O3. The Kier molecular flexibility index (Phi) is 11.6. The zero-order chi connectivity index (χ0) is 19.2. The monoisotopic (exact) mass is 366 g/mol. The second-order valence-corrected chi connectivity index (χ2v) is 5.87. The summed E-state index contributed by atoms with van der Waals surface area (Å²) in [7, 11) is 1.66. The molecule has 0 aromatic carbocycles. The fourth-order valence-electron chi connectivity index (χ4n) is 2.79. The van der Waals surface area contributed by atoms with Crippen molar-refractivity contribution >= 4 is 17.4 Å². The van der Waals surface area contributed by atoms with Gasteiger partial charge in [-0.3, -0.25) is 4.79 Å². The lowest BCUT2D eigenvalue weighted by molar-refractivity contribution is -0.123. The molecule has 1 aromatic heterocycles. The maximum atomic E-state index is 11.8. The third kappa shape index (κ3) is 7.66. The van der Waals surface area contributed by atoms with E-state index in [1.54, 1.807) is 19.5 Å². The highest BCUT2D eigenvalue weighted by Crippen LogP contribution is 2.23. The normalized spacial score (nSPS) is 14.5. The first-order valence-corrected chi connectivity index (χ1v) is 9.64. The number of carbonyl (C=O) groups excluding carboxylic acids is 1. The maximum absolute atomic E-state index is 11.8. The van der Waals surface area contributed by atoms with E-state index < -0.39 is 0 Å². The van der Waals surface area contributed by atoms with Crippen molar-refractivity contribution in [2.75, 3.05) is 56.8 Å². The van der Waals surface area contributed by atoms with Gasteiger partial charge in [0.2, 0.25) is 0 Å². The number of carbonyl (C=O) groups is 1. The van der Waals surface area contributed by atoms with E-state index in [0.29, 0.717) is 38.6 Å². The Morgan fingerprint density at radius 2 is 1.92 bits per heavy atom. The number of ether oxygens (including phenoxy) is 2. The largest absolute Gasteiger partial charge is 0.382 e. The highest BCUT2D eigenvalue weighted by atomic mass is 16.5. The number of methoxy groups -OCH3 is 1. The molecule has 1 aliphatic heterocycles. The number of nitrogens with one attached hydrogen (secondary N) is 1. The molecule has 1 N–H and O–H groups in total. The van der Waals surface area contributed by atoms with Crippen LogP contribution >= 0.6 is 0 Å². The first-order valence-electron chi connectivity index (χ1n) is 9.64. The molecule has 0 bridgehead atoms. The van der Waals surface area contributed by atoms with Crippen LogP contribution in [0.2, 0.25) is 0 Å². The Balaban J connectivity index is 0.00000163. The minimum Gasteiger partial charge on any atom is -0.382 e. The predicted molar refractivity (Wildman–Crippen MR) is 105 cm³/mol. The molecule has 0 spiro atoms. The minimum absolute atomic E-state index is 0.221. The van der Waals surface area contributed by atoms with Crippen LogP contribution in [0.1, 0.15) is 40.0 Å². The van der Waals surface area contributed by atoms with E-state index in [1.165, 1.54) is 0 Å². The van der Waals surface area contributed by atoms with Crippen molar-refractivity contribution in [1.29, 1.82) is 0 Å². The van der Waals surface area contributed by atoms with Crippen LogP contribution in [-0.2, 0) is 14.3 Å². The summed E-state index contributed by atoms with van der Waals surface area (Å²) in [6.45, 7) is 10.2. The van der Waals surface area contributed by atoms with E-state index in [-0.39, 0.29) is 5.92 Å². The van der Waals surface area contributed by atoms with Gasteiger partial charge in [-0.05, 0) is 12.8 Å². The first kappa shape index (κ1) is 22.3. The van der Waals surface area contributed by atoms with E-state index in [4.69, 9.17) is 9.47 Å². The Bertz CT molecular complexity index is 488. The van der Waals surface area contributed by atoms with Gasteiger partial charge in [-0.15, -0.1) is 0 Å². The van der Waals surface area contributed by atoms with Crippen LogP contribution in [0.15, 0.2) is 12.4 Å². The molecule has 2 rings (SSSR count). The van der Waals surface area contributed by atoms with Crippen LogP contribution in [-0.4, -0.2) is 62.3 Å². The second kappa shape index (κ2) is 13.5. The van der Waals surface area contributed by atoms with E-state index in [1.807, 2.05) is 20.8 Å². The number of piperidine rings is 1. The predicted octanol–water partition coefficient (Wildman–Crippen LogP) is 2.77. The fourth-order valence-corrected chi connectivity index (χ4v) is 2.79. The Labute approximate surface area is 157 Å². The minimum atomic E-state index is 0.221. The number of aromatic nitrogens is 2. The Morgan fingerprint density at radius 1 is 1.19 bits per heavy atom. The van der Waals surface area contributed by atoms with Gasteiger partial charge < -0.3 is 19.7 Å². The number of ketones is 1. The van der Waals surface area contributed by atoms with Crippen LogP contribution in [0.3, 0.4) is 0 Å². The van der Waals surface area contributed by atoms with E-state index in [0.717, 1.165) is 37.6 Å². The van der Waals surface area contributed by atoms with Gasteiger partial charge in [-0.2, -0.15) is 0 Å². The van der Waals surface area contributed by atoms with Crippen molar-refractivity contribution in [3.63, 3.8) is 0 Å². The van der Waals surface area contributed by atoms with E-state index in [2.05, 4.69) is 20.2 Å². The number of nitrogens with zero attached hydrogens (tertiary/aromatic N) is 3. The summed E-state index contributed by atoms with van der Waals surface area (Å²) in [6, 6.07) is 0. The molecule has 1 aliphatic rings. The van der Waals surface area contributed by atoms with Gasteiger partial charge in [0, 0.05) is 39.1 Å². The third-order valence-electron chi connectivity index (χ3n) is 4.25. The summed E-state index contributed by atoms with van der Waals surface area (Å²) in [6.07, 6.45) is 5.99. The topological polar surface area (TPSA) is 76.6 Å². The molecule has 7 nitrogen and oxygen atoms in total. The quantitative estimate of drug-likeness (QED) is 0.638. The molecule has 1 fully saturated rings. The van der Waals surface area contributed by atoms with Gasteiger partial charge in [0.25, 0.3) is 0 Å². The molecule has 0 saturated carbocycles. The van der Waals surface area contributed by atoms with Crippen molar-refractivity contribution in [3.8, 4) is 0 Å². The zero-order valence-corrected chi connectivity index (χ0v) is 16.7. The second-order valence-electron chi connectivity index (χ2n) is 5.87. The summed E-state index contributed by atoms with van der Waals surface area (Å²) in [5.74, 6) is 2.22. The summed E-state index contributed by atoms with van der Waals surface area (Å²) in [5, 5.41) is 3.18. The molecule has 0 amide bonds. The lowest BCUT2D eigenvalue weighted by atomic mass is 9.91. The Hall–Kier alpha value is -1.73. The van der Waals surface area contributed by atoms with Crippen molar-refractivity contribution in [2.24, 2.45) is 5.92 Å². The average molecular weight is 367 g/mol. The number of rotatable bonds is 10. The zero-order valence-electron chi connectivity index (χ0n) is 16.7.